The molecule has 0 saturated carbocycles. The summed E-state index contributed by atoms with van der Waals surface area (Å²) in [6.45, 7) is 1.59. The van der Waals surface area contributed by atoms with E-state index in [1.54, 1.807) is 0 Å². The van der Waals surface area contributed by atoms with Crippen molar-refractivity contribution >= 4 is 0 Å². The minimum absolute atomic E-state index is 0.0598. The molecule has 0 spiro atoms. The van der Waals surface area contributed by atoms with Gasteiger partial charge in [-0.25, -0.2) is 0 Å². The maximum absolute atomic E-state index is 9.71. The van der Waals surface area contributed by atoms with Gasteiger partial charge in [-0.1, -0.05) is 121 Å². The molecule has 0 amide bonds. The maximum Gasteiger partial charge on any atom is 0.187 e. The van der Waals surface area contributed by atoms with E-state index in [9.17, 15) is 5.11 Å². The summed E-state index contributed by atoms with van der Waals surface area (Å²) in [5.41, 5.74) is 4.20. The summed E-state index contributed by atoms with van der Waals surface area (Å²) in [6.07, 6.45) is -1.40. The van der Waals surface area contributed by atoms with Crippen LogP contribution in [0.25, 0.3) is 0 Å². The summed E-state index contributed by atoms with van der Waals surface area (Å²) in [5.74, 6) is 0. The van der Waals surface area contributed by atoms with Crippen molar-refractivity contribution in [3.05, 3.63) is 144 Å². The second-order valence-electron chi connectivity index (χ2n) is 10.5. The molecule has 0 aliphatic carbocycles. The molecule has 6 heteroatoms. The van der Waals surface area contributed by atoms with E-state index >= 15 is 0 Å². The Balaban J connectivity index is 1.44. The highest BCUT2D eigenvalue weighted by atomic mass is 16.7. The van der Waals surface area contributed by atoms with E-state index in [1.807, 2.05) is 121 Å². The molecule has 6 nitrogen and oxygen atoms in total. The molecule has 0 bridgehead atoms. The van der Waals surface area contributed by atoms with Gasteiger partial charge in [-0.3, -0.25) is 0 Å². The van der Waals surface area contributed by atoms with Crippen LogP contribution in [-0.2, 0) is 50.1 Å². The fraction of sp³-hybridized carbons (Fsp3) is 0.333. The normalized spacial score (nSPS) is 22.2. The van der Waals surface area contributed by atoms with Crippen LogP contribution in [0, 0.1) is 0 Å². The van der Waals surface area contributed by atoms with E-state index in [0.29, 0.717) is 39.3 Å². The van der Waals surface area contributed by atoms with Crippen LogP contribution in [0.1, 0.15) is 35.1 Å². The summed E-state index contributed by atoms with van der Waals surface area (Å²) in [7, 11) is 0. The first kappa shape index (κ1) is 30.1. The van der Waals surface area contributed by atoms with Gasteiger partial charge in [0, 0.05) is 6.61 Å². The van der Waals surface area contributed by atoms with Crippen molar-refractivity contribution in [3.63, 3.8) is 0 Å². The van der Waals surface area contributed by atoms with Crippen LogP contribution in [0.2, 0.25) is 0 Å². The van der Waals surface area contributed by atoms with Crippen LogP contribution in [0.5, 0.6) is 0 Å². The van der Waals surface area contributed by atoms with Gasteiger partial charge in [-0.15, -0.1) is 0 Å². The number of ether oxygens (including phenoxy) is 5. The van der Waals surface area contributed by atoms with Crippen LogP contribution < -0.4 is 0 Å². The molecule has 5 atom stereocenters. The van der Waals surface area contributed by atoms with Gasteiger partial charge in [-0.2, -0.15) is 0 Å². The Labute approximate surface area is 248 Å². The summed E-state index contributed by atoms with van der Waals surface area (Å²) in [4.78, 5) is 0. The zero-order valence-electron chi connectivity index (χ0n) is 23.9. The van der Waals surface area contributed by atoms with Gasteiger partial charge in [0.2, 0.25) is 0 Å². The number of hydrogen-bond acceptors (Lipinski definition) is 6. The first-order chi connectivity index (χ1) is 20.8. The van der Waals surface area contributed by atoms with Crippen LogP contribution in [0.4, 0.5) is 0 Å². The molecule has 42 heavy (non-hydrogen) atoms. The van der Waals surface area contributed by atoms with Gasteiger partial charge in [0.25, 0.3) is 0 Å². The largest absolute Gasteiger partial charge is 0.396 e. The average Bonchev–Trinajstić information content (AvgIpc) is 3.06. The molecule has 220 valence electrons. The molecule has 1 fully saturated rings. The monoisotopic (exact) mass is 568 g/mol. The molecule has 1 saturated heterocycles. The zero-order valence-corrected chi connectivity index (χ0v) is 23.9. The minimum Gasteiger partial charge on any atom is -0.396 e. The van der Waals surface area contributed by atoms with E-state index in [2.05, 4.69) is 0 Å². The molecular formula is C36H40O6. The minimum atomic E-state index is -0.699. The molecule has 1 N–H and O–H groups in total. The van der Waals surface area contributed by atoms with E-state index in [4.69, 9.17) is 23.7 Å². The second kappa shape index (κ2) is 16.3. The number of hydrogen-bond donors (Lipinski definition) is 1. The Hall–Kier alpha value is -3.36. The number of aliphatic hydroxyl groups is 1. The van der Waals surface area contributed by atoms with Crippen LogP contribution in [-0.4, -0.2) is 42.4 Å². The Bertz CT molecular complexity index is 1270. The first-order valence-corrected chi connectivity index (χ1v) is 14.7. The molecule has 0 aromatic heterocycles. The van der Waals surface area contributed by atoms with Crippen molar-refractivity contribution in [3.8, 4) is 0 Å². The van der Waals surface area contributed by atoms with Crippen molar-refractivity contribution < 1.29 is 28.8 Å². The first-order valence-electron chi connectivity index (χ1n) is 14.7. The lowest BCUT2D eigenvalue weighted by Crippen LogP contribution is -2.60. The fourth-order valence-electron chi connectivity index (χ4n) is 5.16. The van der Waals surface area contributed by atoms with Gasteiger partial charge in [0.05, 0.1) is 32.5 Å². The lowest BCUT2D eigenvalue weighted by atomic mass is 9.94. The second-order valence-corrected chi connectivity index (χ2v) is 10.5. The number of rotatable bonds is 15. The molecule has 1 aliphatic heterocycles. The van der Waals surface area contributed by atoms with Gasteiger partial charge in [-0.05, 0) is 35.1 Å². The smallest absolute Gasteiger partial charge is 0.187 e. The fourth-order valence-corrected chi connectivity index (χ4v) is 5.16. The number of aliphatic hydroxyl groups excluding tert-OH is 1. The summed E-state index contributed by atoms with van der Waals surface area (Å²) < 4.78 is 33.0. The molecule has 4 aromatic carbocycles. The van der Waals surface area contributed by atoms with Crippen molar-refractivity contribution in [2.24, 2.45) is 0 Å². The van der Waals surface area contributed by atoms with Gasteiger partial charge in [0.1, 0.15) is 18.3 Å². The Kier molecular flexibility index (Phi) is 11.7. The summed E-state index contributed by atoms with van der Waals surface area (Å²) in [6, 6.07) is 40.3. The molecule has 4 aromatic rings. The lowest BCUT2D eigenvalue weighted by molar-refractivity contribution is -0.326. The van der Waals surface area contributed by atoms with Crippen molar-refractivity contribution in [1.82, 2.24) is 0 Å². The lowest BCUT2D eigenvalue weighted by Gasteiger charge is -2.46. The predicted octanol–water partition coefficient (Wildman–Crippen LogP) is 6.46. The van der Waals surface area contributed by atoms with Crippen molar-refractivity contribution in [1.29, 1.82) is 0 Å². The third-order valence-electron chi connectivity index (χ3n) is 7.35. The Morgan fingerprint density at radius 3 is 1.29 bits per heavy atom. The van der Waals surface area contributed by atoms with Crippen LogP contribution >= 0.6 is 0 Å². The third kappa shape index (κ3) is 8.82. The van der Waals surface area contributed by atoms with Crippen molar-refractivity contribution in [2.75, 3.05) is 6.61 Å². The molecule has 1 aliphatic rings. The van der Waals surface area contributed by atoms with Crippen LogP contribution in [0.15, 0.2) is 121 Å². The van der Waals surface area contributed by atoms with E-state index in [0.717, 1.165) is 22.3 Å². The van der Waals surface area contributed by atoms with Gasteiger partial charge < -0.3 is 28.8 Å². The molecule has 5 rings (SSSR count). The van der Waals surface area contributed by atoms with E-state index in [1.165, 1.54) is 0 Å². The number of benzene rings is 4. The molecule has 1 heterocycles. The maximum atomic E-state index is 9.71. The Morgan fingerprint density at radius 2 is 0.857 bits per heavy atom. The molecular weight excluding hydrogens is 528 g/mol. The topological polar surface area (TPSA) is 66.4 Å². The molecule has 0 unspecified atom stereocenters. The standard InChI is InChI=1S/C36H40O6/c37-23-13-22-32-33(38-24-28-14-5-1-6-15-28)34(39-25-29-16-7-2-8-17-29)35(40-26-30-18-9-3-10-19-30)36(42-32)41-27-31-20-11-4-12-21-31/h1-12,14-21,32-37H,13,22-27H2/t32-,33+,34+,35+,36+/m1/s1. The van der Waals surface area contributed by atoms with Crippen molar-refractivity contribution in [2.45, 2.75) is 70.0 Å². The summed E-state index contributed by atoms with van der Waals surface area (Å²) in [5, 5.41) is 9.71. The summed E-state index contributed by atoms with van der Waals surface area (Å²) >= 11 is 0. The quantitative estimate of drug-likeness (QED) is 0.178. The third-order valence-corrected chi connectivity index (χ3v) is 7.35. The molecule has 0 radical (unpaired) electrons. The zero-order chi connectivity index (χ0) is 28.8. The van der Waals surface area contributed by atoms with Gasteiger partial charge >= 0.3 is 0 Å². The average molecular weight is 569 g/mol. The van der Waals surface area contributed by atoms with Crippen LogP contribution in [0.3, 0.4) is 0 Å². The van der Waals surface area contributed by atoms with Gasteiger partial charge in [0.15, 0.2) is 6.29 Å². The highest BCUT2D eigenvalue weighted by Crippen LogP contribution is 2.33. The highest BCUT2D eigenvalue weighted by Gasteiger charge is 2.48. The Morgan fingerprint density at radius 1 is 0.476 bits per heavy atom. The van der Waals surface area contributed by atoms with E-state index in [-0.39, 0.29) is 12.7 Å². The highest BCUT2D eigenvalue weighted by molar-refractivity contribution is 5.16. The predicted molar refractivity (Wildman–Crippen MR) is 161 cm³/mol. The SMILES string of the molecule is OCCC[C@H]1O[C@H](OCc2ccccc2)[C@@H](OCc2ccccc2)[C@@H](OCc2ccccc2)[C@H]1OCc1ccccc1. The van der Waals surface area contributed by atoms with E-state index < -0.39 is 24.6 Å².